The van der Waals surface area contributed by atoms with Crippen LogP contribution in [0.1, 0.15) is 20.8 Å². The number of fused-ring (bicyclic) bond motifs is 1. The van der Waals surface area contributed by atoms with Crippen LogP contribution in [-0.4, -0.2) is 19.8 Å². The van der Waals surface area contributed by atoms with E-state index in [4.69, 9.17) is 18.9 Å². The molecule has 4 heteroatoms. The fourth-order valence-corrected chi connectivity index (χ4v) is 2.69. The van der Waals surface area contributed by atoms with E-state index in [0.717, 1.165) is 39.1 Å². The van der Waals surface area contributed by atoms with Gasteiger partial charge in [0.25, 0.3) is 0 Å². The van der Waals surface area contributed by atoms with Crippen LogP contribution >= 0.6 is 0 Å². The van der Waals surface area contributed by atoms with E-state index >= 15 is 0 Å². The molecule has 0 N–H and O–H groups in total. The van der Waals surface area contributed by atoms with E-state index < -0.39 is 0 Å². The molecule has 0 aliphatic carbocycles. The first-order chi connectivity index (χ1) is 12.1. The van der Waals surface area contributed by atoms with Crippen molar-refractivity contribution in [2.45, 2.75) is 26.8 Å². The number of ether oxygens (including phenoxy) is 2. The topological polar surface area (TPSA) is 44.0 Å². The first kappa shape index (κ1) is 17.1. The summed E-state index contributed by atoms with van der Waals surface area (Å²) in [6.45, 7) is 6.73. The molecule has 0 spiro atoms. The van der Waals surface area contributed by atoms with E-state index in [9.17, 15) is 0 Å². The summed E-state index contributed by atoms with van der Waals surface area (Å²) >= 11 is 0. The molecule has 0 radical (unpaired) electrons. The van der Waals surface area contributed by atoms with Gasteiger partial charge in [-0.3, -0.25) is 4.99 Å². The van der Waals surface area contributed by atoms with E-state index in [0.29, 0.717) is 6.61 Å². The highest BCUT2D eigenvalue weighted by Crippen LogP contribution is 2.26. The molecular formula is C21H23NO3. The maximum atomic E-state index is 6.12. The third-order valence-electron chi connectivity index (χ3n) is 3.80. The van der Waals surface area contributed by atoms with Gasteiger partial charge in [0.2, 0.25) is 0 Å². The molecule has 3 aromatic rings. The molecule has 1 aromatic heterocycles. The summed E-state index contributed by atoms with van der Waals surface area (Å²) in [6, 6.07) is 15.8. The van der Waals surface area contributed by atoms with Crippen molar-refractivity contribution in [2.24, 2.45) is 4.99 Å². The van der Waals surface area contributed by atoms with Gasteiger partial charge in [-0.25, -0.2) is 0 Å². The smallest absolute Gasteiger partial charge is 0.137 e. The van der Waals surface area contributed by atoms with Crippen molar-refractivity contribution in [1.29, 1.82) is 0 Å². The number of rotatable bonds is 5. The molecule has 4 nitrogen and oxygen atoms in total. The third-order valence-corrected chi connectivity index (χ3v) is 3.80. The van der Waals surface area contributed by atoms with E-state index in [1.54, 1.807) is 7.11 Å². The average molecular weight is 337 g/mol. The lowest BCUT2D eigenvalue weighted by Crippen LogP contribution is -2.08. The number of methoxy groups -OCH3 is 1. The fraction of sp³-hybridized carbons (Fsp3) is 0.286. The Morgan fingerprint density at radius 1 is 1.00 bits per heavy atom. The standard InChI is InChI=1S/C21H23NO3/c1-5-24-17-10-11-20-18(12-17)19(22-14(2)3)13-21(25-20)15-6-8-16(23-4)9-7-15/h6-14H,5H2,1-4H3. The summed E-state index contributed by atoms with van der Waals surface area (Å²) in [4.78, 5) is 4.77. The lowest BCUT2D eigenvalue weighted by molar-refractivity contribution is 0.340. The van der Waals surface area contributed by atoms with Crippen LogP contribution in [0, 0.1) is 0 Å². The lowest BCUT2D eigenvalue weighted by atomic mass is 10.1. The minimum absolute atomic E-state index is 0.185. The first-order valence-corrected chi connectivity index (χ1v) is 8.49. The Morgan fingerprint density at radius 2 is 1.72 bits per heavy atom. The molecule has 0 saturated carbocycles. The van der Waals surface area contributed by atoms with Crippen molar-refractivity contribution in [3.8, 4) is 22.8 Å². The summed E-state index contributed by atoms with van der Waals surface area (Å²) < 4.78 is 17.0. The van der Waals surface area contributed by atoms with Gasteiger partial charge in [-0.05, 0) is 63.2 Å². The van der Waals surface area contributed by atoms with Gasteiger partial charge in [0.15, 0.2) is 0 Å². The maximum absolute atomic E-state index is 6.12. The largest absolute Gasteiger partial charge is 0.497 e. The monoisotopic (exact) mass is 337 g/mol. The van der Waals surface area contributed by atoms with Crippen LogP contribution in [0.15, 0.2) is 57.9 Å². The number of hydrogen-bond donors (Lipinski definition) is 0. The SMILES string of the molecule is CCOc1ccc2oc(-c3ccc(OC)cc3)cc(=NC(C)C)c2c1. The van der Waals surface area contributed by atoms with Gasteiger partial charge in [0.1, 0.15) is 22.8 Å². The van der Waals surface area contributed by atoms with Crippen molar-refractivity contribution in [1.82, 2.24) is 0 Å². The number of nitrogens with zero attached hydrogens (tertiary/aromatic N) is 1. The highest BCUT2D eigenvalue weighted by atomic mass is 16.5. The van der Waals surface area contributed by atoms with Crippen LogP contribution in [0.3, 0.4) is 0 Å². The number of benzene rings is 2. The average Bonchev–Trinajstić information content (AvgIpc) is 2.62. The van der Waals surface area contributed by atoms with Crippen LogP contribution in [0.2, 0.25) is 0 Å². The zero-order valence-electron chi connectivity index (χ0n) is 15.1. The highest BCUT2D eigenvalue weighted by Gasteiger charge is 2.08. The number of hydrogen-bond acceptors (Lipinski definition) is 4. The summed E-state index contributed by atoms with van der Waals surface area (Å²) in [5, 5.41) is 1.86. The van der Waals surface area contributed by atoms with Crippen LogP contribution < -0.4 is 14.8 Å². The Morgan fingerprint density at radius 3 is 2.36 bits per heavy atom. The second kappa shape index (κ2) is 7.43. The van der Waals surface area contributed by atoms with E-state index in [1.165, 1.54) is 0 Å². The normalized spacial score (nSPS) is 12.0. The molecule has 0 aliphatic heterocycles. The van der Waals surface area contributed by atoms with Gasteiger partial charge in [0, 0.05) is 23.1 Å². The van der Waals surface area contributed by atoms with E-state index in [2.05, 4.69) is 13.8 Å². The first-order valence-electron chi connectivity index (χ1n) is 8.49. The van der Waals surface area contributed by atoms with Crippen LogP contribution in [-0.2, 0) is 0 Å². The van der Waals surface area contributed by atoms with Gasteiger partial charge in [-0.2, -0.15) is 0 Å². The molecule has 0 aliphatic rings. The zero-order valence-corrected chi connectivity index (χ0v) is 15.1. The minimum Gasteiger partial charge on any atom is -0.497 e. The van der Waals surface area contributed by atoms with Crippen molar-refractivity contribution in [3.63, 3.8) is 0 Å². The Labute approximate surface area is 147 Å². The molecule has 130 valence electrons. The van der Waals surface area contributed by atoms with Gasteiger partial charge < -0.3 is 13.9 Å². The van der Waals surface area contributed by atoms with Crippen LogP contribution in [0.5, 0.6) is 11.5 Å². The molecule has 3 rings (SSSR count). The Hall–Kier alpha value is -2.75. The molecular weight excluding hydrogens is 314 g/mol. The molecule has 0 amide bonds. The zero-order chi connectivity index (χ0) is 17.8. The summed E-state index contributed by atoms with van der Waals surface area (Å²) in [5.74, 6) is 2.42. The van der Waals surface area contributed by atoms with Crippen molar-refractivity contribution < 1.29 is 13.9 Å². The summed E-state index contributed by atoms with van der Waals surface area (Å²) in [5.41, 5.74) is 1.77. The van der Waals surface area contributed by atoms with Gasteiger partial charge >= 0.3 is 0 Å². The Kier molecular flexibility index (Phi) is 5.08. The van der Waals surface area contributed by atoms with Gasteiger partial charge in [0.05, 0.1) is 19.1 Å². The lowest BCUT2D eigenvalue weighted by Gasteiger charge is -2.09. The predicted molar refractivity (Wildman–Crippen MR) is 100 cm³/mol. The van der Waals surface area contributed by atoms with E-state index in [1.807, 2.05) is 55.5 Å². The highest BCUT2D eigenvalue weighted by molar-refractivity contribution is 5.80. The van der Waals surface area contributed by atoms with Crippen molar-refractivity contribution in [2.75, 3.05) is 13.7 Å². The molecule has 0 unspecified atom stereocenters. The Bertz CT molecular complexity index is 924. The molecule has 0 fully saturated rings. The Balaban J connectivity index is 2.19. The predicted octanol–water partition coefficient (Wildman–Crippen LogP) is 4.82. The minimum atomic E-state index is 0.185. The molecule has 0 bridgehead atoms. The second-order valence-corrected chi connectivity index (χ2v) is 6.04. The summed E-state index contributed by atoms with van der Waals surface area (Å²) in [6.07, 6.45) is 0. The van der Waals surface area contributed by atoms with Gasteiger partial charge in [-0.15, -0.1) is 0 Å². The van der Waals surface area contributed by atoms with E-state index in [-0.39, 0.29) is 6.04 Å². The summed E-state index contributed by atoms with van der Waals surface area (Å²) in [7, 11) is 1.66. The molecule has 25 heavy (non-hydrogen) atoms. The molecule has 0 saturated heterocycles. The molecule has 2 aromatic carbocycles. The van der Waals surface area contributed by atoms with Crippen molar-refractivity contribution in [3.05, 3.63) is 53.9 Å². The van der Waals surface area contributed by atoms with Crippen LogP contribution in [0.25, 0.3) is 22.3 Å². The second-order valence-electron chi connectivity index (χ2n) is 6.04. The van der Waals surface area contributed by atoms with Gasteiger partial charge in [-0.1, -0.05) is 0 Å². The van der Waals surface area contributed by atoms with Crippen molar-refractivity contribution >= 4 is 11.0 Å². The fourth-order valence-electron chi connectivity index (χ4n) is 2.69. The molecule has 0 atom stereocenters. The third kappa shape index (κ3) is 3.85. The quantitative estimate of drug-likeness (QED) is 0.670. The molecule has 1 heterocycles. The maximum Gasteiger partial charge on any atom is 0.137 e. The van der Waals surface area contributed by atoms with Crippen LogP contribution in [0.4, 0.5) is 0 Å².